The third-order valence-corrected chi connectivity index (χ3v) is 6.16. The highest BCUT2D eigenvalue weighted by molar-refractivity contribution is 9.10. The van der Waals surface area contributed by atoms with Crippen LogP contribution in [0.2, 0.25) is 0 Å². The second kappa shape index (κ2) is 7.49. The molecule has 0 bridgehead atoms. The second-order valence-corrected chi connectivity index (χ2v) is 7.88. The maximum Gasteiger partial charge on any atom is 0.257 e. The predicted octanol–water partition coefficient (Wildman–Crippen LogP) is 4.52. The predicted molar refractivity (Wildman–Crippen MR) is 101 cm³/mol. The molecular weight excluding hydrogens is 388 g/mol. The molecule has 0 atom stereocenters. The molecule has 24 heavy (non-hydrogen) atoms. The summed E-state index contributed by atoms with van der Waals surface area (Å²) in [6.45, 7) is 0. The lowest BCUT2D eigenvalue weighted by atomic mass is 9.96. The molecule has 0 aliphatic heterocycles. The molecule has 0 fully saturated rings. The van der Waals surface area contributed by atoms with E-state index >= 15 is 0 Å². The quantitative estimate of drug-likeness (QED) is 0.785. The highest BCUT2D eigenvalue weighted by Gasteiger charge is 2.24. The summed E-state index contributed by atoms with van der Waals surface area (Å²) in [5.41, 5.74) is 7.69. The Bertz CT molecular complexity index is 785. The molecular formula is C18H19BrN2O2S. The van der Waals surface area contributed by atoms with Gasteiger partial charge >= 0.3 is 0 Å². The lowest BCUT2D eigenvalue weighted by Crippen LogP contribution is -2.18. The number of hydrogen-bond donors (Lipinski definition) is 2. The van der Waals surface area contributed by atoms with Crippen molar-refractivity contribution in [1.29, 1.82) is 0 Å². The van der Waals surface area contributed by atoms with E-state index in [0.29, 0.717) is 16.1 Å². The number of carbonyl (C=O) groups excluding carboxylic acids is 2. The number of halogens is 1. The fourth-order valence-corrected chi connectivity index (χ4v) is 4.84. The maximum atomic E-state index is 12.6. The summed E-state index contributed by atoms with van der Waals surface area (Å²) in [4.78, 5) is 25.8. The van der Waals surface area contributed by atoms with Crippen molar-refractivity contribution in [3.05, 3.63) is 50.3 Å². The zero-order valence-electron chi connectivity index (χ0n) is 13.2. The van der Waals surface area contributed by atoms with E-state index in [1.165, 1.54) is 29.1 Å². The summed E-state index contributed by atoms with van der Waals surface area (Å²) < 4.78 is 0.720. The standard InChI is InChI=1S/C18H19BrN2O2S/c19-13-9-6-5-7-11(13)17(23)21-18-15(16(20)22)12-8-3-1-2-4-10-14(12)24-18/h5-7,9H,1-4,8,10H2,(H2,20,22)(H,21,23). The summed E-state index contributed by atoms with van der Waals surface area (Å²) in [5, 5.41) is 3.47. The second-order valence-electron chi connectivity index (χ2n) is 5.92. The van der Waals surface area contributed by atoms with Gasteiger partial charge in [0.25, 0.3) is 11.8 Å². The Kier molecular flexibility index (Phi) is 5.36. The van der Waals surface area contributed by atoms with Crippen molar-refractivity contribution >= 4 is 44.1 Å². The fraction of sp³-hybridized carbons (Fsp3) is 0.333. The van der Waals surface area contributed by atoms with Gasteiger partial charge < -0.3 is 11.1 Å². The number of primary amides is 1. The molecule has 3 rings (SSSR count). The van der Waals surface area contributed by atoms with E-state index in [2.05, 4.69) is 21.2 Å². The Morgan fingerprint density at radius 3 is 2.50 bits per heavy atom. The van der Waals surface area contributed by atoms with Crippen LogP contribution in [-0.4, -0.2) is 11.8 Å². The maximum absolute atomic E-state index is 12.6. The molecule has 126 valence electrons. The first-order valence-electron chi connectivity index (χ1n) is 8.08. The minimum Gasteiger partial charge on any atom is -0.365 e. The number of nitrogens with two attached hydrogens (primary N) is 1. The van der Waals surface area contributed by atoms with Gasteiger partial charge in [-0.25, -0.2) is 0 Å². The fourth-order valence-electron chi connectivity index (χ4n) is 3.08. The molecule has 2 aromatic rings. The summed E-state index contributed by atoms with van der Waals surface area (Å²) in [6.07, 6.45) is 6.36. The minimum atomic E-state index is -0.462. The third kappa shape index (κ3) is 3.54. The highest BCUT2D eigenvalue weighted by atomic mass is 79.9. The van der Waals surface area contributed by atoms with Crippen molar-refractivity contribution < 1.29 is 9.59 Å². The summed E-state index contributed by atoms with van der Waals surface area (Å²) in [6, 6.07) is 7.22. The van der Waals surface area contributed by atoms with Gasteiger partial charge in [-0.05, 0) is 59.3 Å². The van der Waals surface area contributed by atoms with Crippen LogP contribution < -0.4 is 11.1 Å². The number of benzene rings is 1. The summed E-state index contributed by atoms with van der Waals surface area (Å²) in [7, 11) is 0. The molecule has 1 aliphatic carbocycles. The van der Waals surface area contributed by atoms with E-state index < -0.39 is 5.91 Å². The molecule has 1 aromatic heterocycles. The van der Waals surface area contributed by atoms with Crippen LogP contribution in [0.1, 0.15) is 56.8 Å². The zero-order valence-corrected chi connectivity index (χ0v) is 15.6. The van der Waals surface area contributed by atoms with Crippen LogP contribution in [0.3, 0.4) is 0 Å². The lowest BCUT2D eigenvalue weighted by molar-refractivity contribution is 0.100. The number of rotatable bonds is 3. The average Bonchev–Trinajstić information content (AvgIpc) is 2.84. The van der Waals surface area contributed by atoms with Crippen molar-refractivity contribution in [1.82, 2.24) is 0 Å². The van der Waals surface area contributed by atoms with Gasteiger partial charge in [0, 0.05) is 9.35 Å². The highest BCUT2D eigenvalue weighted by Crippen LogP contribution is 2.37. The summed E-state index contributed by atoms with van der Waals surface area (Å²) >= 11 is 4.88. The molecule has 0 unspecified atom stereocenters. The van der Waals surface area contributed by atoms with Crippen molar-refractivity contribution in [2.24, 2.45) is 5.73 Å². The normalized spacial score (nSPS) is 14.4. The van der Waals surface area contributed by atoms with Gasteiger partial charge in [0.1, 0.15) is 5.00 Å². The number of thiophene rings is 1. The molecule has 3 N–H and O–H groups in total. The van der Waals surface area contributed by atoms with Crippen LogP contribution in [0.15, 0.2) is 28.7 Å². The molecule has 1 aliphatic rings. The first-order valence-corrected chi connectivity index (χ1v) is 9.69. The van der Waals surface area contributed by atoms with Crippen LogP contribution >= 0.6 is 27.3 Å². The smallest absolute Gasteiger partial charge is 0.257 e. The average molecular weight is 407 g/mol. The summed E-state index contributed by atoms with van der Waals surface area (Å²) in [5.74, 6) is -0.699. The van der Waals surface area contributed by atoms with Gasteiger partial charge in [-0.3, -0.25) is 9.59 Å². The van der Waals surface area contributed by atoms with Crippen LogP contribution in [0, 0.1) is 0 Å². The Hall–Kier alpha value is -1.66. The van der Waals surface area contributed by atoms with Crippen molar-refractivity contribution in [2.75, 3.05) is 5.32 Å². The molecule has 1 heterocycles. The number of aryl methyl sites for hydroxylation is 1. The van der Waals surface area contributed by atoms with Gasteiger partial charge in [-0.2, -0.15) is 0 Å². The van der Waals surface area contributed by atoms with Gasteiger partial charge in [0.15, 0.2) is 0 Å². The Morgan fingerprint density at radius 1 is 1.08 bits per heavy atom. The number of nitrogens with one attached hydrogen (secondary N) is 1. The lowest BCUT2D eigenvalue weighted by Gasteiger charge is -2.10. The first kappa shape index (κ1) is 17.2. The Morgan fingerprint density at radius 2 is 1.79 bits per heavy atom. The minimum absolute atomic E-state index is 0.237. The molecule has 2 amide bonds. The Balaban J connectivity index is 1.95. The topological polar surface area (TPSA) is 72.2 Å². The van der Waals surface area contributed by atoms with Gasteiger partial charge in [-0.15, -0.1) is 11.3 Å². The molecule has 1 aromatic carbocycles. The van der Waals surface area contributed by atoms with E-state index in [0.717, 1.165) is 35.7 Å². The zero-order chi connectivity index (χ0) is 17.1. The van der Waals surface area contributed by atoms with Crippen molar-refractivity contribution in [3.8, 4) is 0 Å². The van der Waals surface area contributed by atoms with Gasteiger partial charge in [0.2, 0.25) is 0 Å². The van der Waals surface area contributed by atoms with Crippen LogP contribution in [-0.2, 0) is 12.8 Å². The van der Waals surface area contributed by atoms with E-state index in [9.17, 15) is 9.59 Å². The Labute approximate surface area is 153 Å². The molecule has 0 radical (unpaired) electrons. The van der Waals surface area contributed by atoms with Crippen LogP contribution in [0.5, 0.6) is 0 Å². The molecule has 0 saturated carbocycles. The largest absolute Gasteiger partial charge is 0.365 e. The third-order valence-electron chi connectivity index (χ3n) is 4.26. The number of anilines is 1. The van der Waals surface area contributed by atoms with Gasteiger partial charge in [-0.1, -0.05) is 25.0 Å². The number of carbonyl (C=O) groups is 2. The van der Waals surface area contributed by atoms with Gasteiger partial charge in [0.05, 0.1) is 11.1 Å². The van der Waals surface area contributed by atoms with E-state index in [4.69, 9.17) is 5.73 Å². The molecule has 6 heteroatoms. The SMILES string of the molecule is NC(=O)c1c(NC(=O)c2ccccc2Br)sc2c1CCCCCC2. The molecule has 0 spiro atoms. The first-order chi connectivity index (χ1) is 11.6. The molecule has 4 nitrogen and oxygen atoms in total. The van der Waals surface area contributed by atoms with Crippen molar-refractivity contribution in [2.45, 2.75) is 38.5 Å². The van der Waals surface area contributed by atoms with E-state index in [1.807, 2.05) is 18.2 Å². The number of hydrogen-bond acceptors (Lipinski definition) is 3. The number of amides is 2. The monoisotopic (exact) mass is 406 g/mol. The van der Waals surface area contributed by atoms with Crippen LogP contribution in [0.25, 0.3) is 0 Å². The van der Waals surface area contributed by atoms with E-state index in [1.54, 1.807) is 6.07 Å². The van der Waals surface area contributed by atoms with E-state index in [-0.39, 0.29) is 5.91 Å². The number of fused-ring (bicyclic) bond motifs is 1. The van der Waals surface area contributed by atoms with Crippen LogP contribution in [0.4, 0.5) is 5.00 Å². The molecule has 0 saturated heterocycles. The van der Waals surface area contributed by atoms with Crippen molar-refractivity contribution in [3.63, 3.8) is 0 Å².